The first kappa shape index (κ1) is 20.4. The predicted molar refractivity (Wildman–Crippen MR) is 109 cm³/mol. The van der Waals surface area contributed by atoms with Crippen molar-refractivity contribution in [3.63, 3.8) is 0 Å². The van der Waals surface area contributed by atoms with Gasteiger partial charge in [-0.2, -0.15) is 8.42 Å². The summed E-state index contributed by atoms with van der Waals surface area (Å²) in [5.74, 6) is 0.460. The molecule has 0 bridgehead atoms. The summed E-state index contributed by atoms with van der Waals surface area (Å²) in [6.45, 7) is 1.40. The van der Waals surface area contributed by atoms with Crippen molar-refractivity contribution >= 4 is 39.3 Å². The number of carbonyl (C=O) groups is 1. The zero-order chi connectivity index (χ0) is 21.0. The zero-order valence-electron chi connectivity index (χ0n) is 16.1. The van der Waals surface area contributed by atoms with Crippen LogP contribution in [0.15, 0.2) is 36.4 Å². The Hall–Kier alpha value is -3.33. The van der Waals surface area contributed by atoms with E-state index in [-0.39, 0.29) is 11.3 Å². The van der Waals surface area contributed by atoms with Crippen molar-refractivity contribution in [1.29, 1.82) is 0 Å². The molecule has 8 nitrogen and oxygen atoms in total. The number of fused-ring (bicyclic) bond motifs is 1. The predicted octanol–water partition coefficient (Wildman–Crippen LogP) is 3.26. The molecule has 0 unspecified atom stereocenters. The Morgan fingerprint density at radius 3 is 2.55 bits per heavy atom. The Morgan fingerprint density at radius 1 is 1.10 bits per heavy atom. The van der Waals surface area contributed by atoms with Gasteiger partial charge in [0, 0.05) is 0 Å². The smallest absolute Gasteiger partial charge is 0.356 e. The molecule has 29 heavy (non-hydrogen) atoms. The third kappa shape index (κ3) is 4.57. The molecule has 0 atom stereocenters. The van der Waals surface area contributed by atoms with Gasteiger partial charge in [0.15, 0.2) is 11.5 Å². The summed E-state index contributed by atoms with van der Waals surface area (Å²) in [6.07, 6.45) is 3.55. The number of nitrogens with zero attached hydrogens (tertiary/aromatic N) is 1. The molecule has 0 saturated carbocycles. The van der Waals surface area contributed by atoms with Crippen molar-refractivity contribution in [2.24, 2.45) is 0 Å². The number of benzene rings is 2. The standard InChI is InChI=1S/C20H20N2O6S/c1-4-29(24,25)28-20(23)14-6-5-7-15-19(14)22-18(21-15)11-9-13-8-10-16(26-2)17(12-13)27-3/h5-12H,4H2,1-3H3,(H,21,22)/b11-9+. The number of ether oxygens (including phenoxy) is 2. The number of rotatable bonds is 7. The molecule has 9 heteroatoms. The Bertz CT molecular complexity index is 1180. The molecule has 0 radical (unpaired) electrons. The van der Waals surface area contributed by atoms with Crippen LogP contribution in [0.4, 0.5) is 0 Å². The van der Waals surface area contributed by atoms with Crippen LogP contribution < -0.4 is 9.47 Å². The van der Waals surface area contributed by atoms with Gasteiger partial charge in [0.2, 0.25) is 0 Å². The maximum absolute atomic E-state index is 12.3. The molecule has 2 aromatic carbocycles. The number of hydrogen-bond donors (Lipinski definition) is 1. The minimum Gasteiger partial charge on any atom is -0.493 e. The number of H-pyrrole nitrogens is 1. The molecule has 1 N–H and O–H groups in total. The molecule has 0 aliphatic rings. The number of nitrogens with one attached hydrogen (secondary N) is 1. The van der Waals surface area contributed by atoms with Crippen molar-refractivity contribution in [1.82, 2.24) is 9.97 Å². The molecule has 1 heterocycles. The van der Waals surface area contributed by atoms with E-state index < -0.39 is 16.1 Å². The van der Waals surface area contributed by atoms with Crippen molar-refractivity contribution in [3.8, 4) is 11.5 Å². The highest BCUT2D eigenvalue weighted by molar-refractivity contribution is 7.87. The Labute approximate surface area is 168 Å². The van der Waals surface area contributed by atoms with E-state index in [2.05, 4.69) is 14.2 Å². The van der Waals surface area contributed by atoms with Crippen LogP contribution in [0.25, 0.3) is 23.2 Å². The average Bonchev–Trinajstić information content (AvgIpc) is 3.14. The van der Waals surface area contributed by atoms with Crippen LogP contribution in [-0.2, 0) is 14.3 Å². The van der Waals surface area contributed by atoms with Crippen LogP contribution >= 0.6 is 0 Å². The lowest BCUT2D eigenvalue weighted by Gasteiger charge is -2.07. The second kappa shape index (κ2) is 8.36. The third-order valence-electron chi connectivity index (χ3n) is 4.15. The summed E-state index contributed by atoms with van der Waals surface area (Å²) in [6, 6.07) is 10.3. The van der Waals surface area contributed by atoms with E-state index in [1.54, 1.807) is 38.5 Å². The molecule has 0 amide bonds. The van der Waals surface area contributed by atoms with E-state index in [0.29, 0.717) is 28.4 Å². The largest absolute Gasteiger partial charge is 0.493 e. The molecule has 0 spiro atoms. The fraction of sp³-hybridized carbons (Fsp3) is 0.200. The zero-order valence-corrected chi connectivity index (χ0v) is 16.9. The third-order valence-corrected chi connectivity index (χ3v) is 5.26. The van der Waals surface area contributed by atoms with Gasteiger partial charge < -0.3 is 18.6 Å². The Morgan fingerprint density at radius 2 is 1.86 bits per heavy atom. The maximum atomic E-state index is 12.3. The molecule has 152 valence electrons. The molecule has 1 aromatic heterocycles. The quantitative estimate of drug-likeness (QED) is 0.589. The second-order valence-electron chi connectivity index (χ2n) is 5.99. The lowest BCUT2D eigenvalue weighted by molar-refractivity contribution is 0.0749. The van der Waals surface area contributed by atoms with E-state index in [1.807, 2.05) is 18.2 Å². The number of hydrogen-bond acceptors (Lipinski definition) is 7. The molecule has 0 fully saturated rings. The van der Waals surface area contributed by atoms with E-state index in [9.17, 15) is 13.2 Å². The first-order valence-corrected chi connectivity index (χ1v) is 10.3. The van der Waals surface area contributed by atoms with Crippen LogP contribution in [0.3, 0.4) is 0 Å². The fourth-order valence-corrected chi connectivity index (χ4v) is 3.08. The van der Waals surface area contributed by atoms with Gasteiger partial charge in [-0.05, 0) is 42.8 Å². The number of aromatic nitrogens is 2. The second-order valence-corrected chi connectivity index (χ2v) is 7.85. The molecule has 0 aliphatic heterocycles. The van der Waals surface area contributed by atoms with Gasteiger partial charge >= 0.3 is 16.1 Å². The normalized spacial score (nSPS) is 11.7. The van der Waals surface area contributed by atoms with Crippen LogP contribution in [0, 0.1) is 0 Å². The lowest BCUT2D eigenvalue weighted by atomic mass is 10.2. The van der Waals surface area contributed by atoms with Gasteiger partial charge in [-0.15, -0.1) is 0 Å². The first-order chi connectivity index (χ1) is 13.9. The maximum Gasteiger partial charge on any atom is 0.356 e. The summed E-state index contributed by atoms with van der Waals surface area (Å²) in [7, 11) is -0.786. The van der Waals surface area contributed by atoms with E-state index in [4.69, 9.17) is 9.47 Å². The van der Waals surface area contributed by atoms with Gasteiger partial charge in [0.25, 0.3) is 0 Å². The number of methoxy groups -OCH3 is 2. The Kier molecular flexibility index (Phi) is 5.88. The van der Waals surface area contributed by atoms with E-state index in [0.717, 1.165) is 5.56 Å². The summed E-state index contributed by atoms with van der Waals surface area (Å²) in [5.41, 5.74) is 1.84. The minimum atomic E-state index is -3.91. The molecular formula is C20H20N2O6S. The van der Waals surface area contributed by atoms with Crippen LogP contribution in [0.2, 0.25) is 0 Å². The lowest BCUT2D eigenvalue weighted by Crippen LogP contribution is -2.15. The number of imidazole rings is 1. The average molecular weight is 416 g/mol. The van der Waals surface area contributed by atoms with Crippen molar-refractivity contribution in [2.75, 3.05) is 20.0 Å². The van der Waals surface area contributed by atoms with Gasteiger partial charge in [-0.25, -0.2) is 9.78 Å². The van der Waals surface area contributed by atoms with Gasteiger partial charge in [-0.3, -0.25) is 0 Å². The van der Waals surface area contributed by atoms with Gasteiger partial charge in [-0.1, -0.05) is 18.2 Å². The van der Waals surface area contributed by atoms with Crippen LogP contribution in [-0.4, -0.2) is 44.3 Å². The van der Waals surface area contributed by atoms with Crippen LogP contribution in [0.5, 0.6) is 11.5 Å². The van der Waals surface area contributed by atoms with Crippen LogP contribution in [0.1, 0.15) is 28.7 Å². The summed E-state index contributed by atoms with van der Waals surface area (Å²) in [4.78, 5) is 19.7. The van der Waals surface area contributed by atoms with E-state index >= 15 is 0 Å². The fourth-order valence-electron chi connectivity index (χ4n) is 2.65. The highest BCUT2D eigenvalue weighted by Gasteiger charge is 2.20. The van der Waals surface area contributed by atoms with Crippen molar-refractivity contribution in [3.05, 3.63) is 53.3 Å². The van der Waals surface area contributed by atoms with Gasteiger partial charge in [0.05, 0.1) is 31.1 Å². The highest BCUT2D eigenvalue weighted by atomic mass is 32.2. The molecule has 0 saturated heterocycles. The summed E-state index contributed by atoms with van der Waals surface area (Å²) >= 11 is 0. The monoisotopic (exact) mass is 416 g/mol. The SMILES string of the molecule is CCS(=O)(=O)OC(=O)c1cccc2[nH]c(/C=C/c3ccc(OC)c(OC)c3)nc12. The summed E-state index contributed by atoms with van der Waals surface area (Å²) in [5, 5.41) is 0. The molecule has 3 rings (SSSR count). The van der Waals surface area contributed by atoms with Crippen molar-refractivity contribution in [2.45, 2.75) is 6.92 Å². The Balaban J connectivity index is 1.91. The molecule has 3 aromatic rings. The summed E-state index contributed by atoms with van der Waals surface area (Å²) < 4.78 is 38.3. The topological polar surface area (TPSA) is 108 Å². The van der Waals surface area contributed by atoms with E-state index in [1.165, 1.54) is 13.0 Å². The minimum absolute atomic E-state index is 0.0709. The van der Waals surface area contributed by atoms with Crippen molar-refractivity contribution < 1.29 is 26.9 Å². The first-order valence-electron chi connectivity index (χ1n) is 8.72. The molecular weight excluding hydrogens is 396 g/mol. The van der Waals surface area contributed by atoms with Gasteiger partial charge in [0.1, 0.15) is 11.3 Å². The number of carbonyl (C=O) groups excluding carboxylic acids is 1. The highest BCUT2D eigenvalue weighted by Crippen LogP contribution is 2.28. The number of para-hydroxylation sites is 1. The number of aromatic amines is 1. The molecule has 0 aliphatic carbocycles.